The minimum Gasteiger partial charge on any atom is -0.496 e. The lowest BCUT2D eigenvalue weighted by Crippen LogP contribution is -2.20. The van der Waals surface area contributed by atoms with Gasteiger partial charge in [-0.2, -0.15) is 0 Å². The molecule has 4 rings (SSSR count). The monoisotopic (exact) mass is 337 g/mol. The molecule has 1 aromatic carbocycles. The summed E-state index contributed by atoms with van der Waals surface area (Å²) in [6.45, 7) is 3.84. The molecule has 1 aliphatic heterocycles. The number of rotatable bonds is 3. The Kier molecular flexibility index (Phi) is 4.01. The molecule has 128 valence electrons. The number of nitrogens with zero attached hydrogens (tertiary/aromatic N) is 1. The summed E-state index contributed by atoms with van der Waals surface area (Å²) in [6.07, 6.45) is 4.99. The smallest absolute Gasteiger partial charge is 0.138 e. The van der Waals surface area contributed by atoms with Crippen molar-refractivity contribution in [1.29, 1.82) is 0 Å². The summed E-state index contributed by atoms with van der Waals surface area (Å²) in [5.74, 6) is 0.373. The number of aromatic amines is 1. The largest absolute Gasteiger partial charge is 0.496 e. The van der Waals surface area contributed by atoms with E-state index in [-0.39, 0.29) is 5.82 Å². The molecule has 25 heavy (non-hydrogen) atoms. The number of hydrogen-bond acceptors (Lipinski definition) is 3. The molecule has 3 heterocycles. The maximum Gasteiger partial charge on any atom is 0.138 e. The van der Waals surface area contributed by atoms with Crippen molar-refractivity contribution in [2.75, 3.05) is 20.2 Å². The van der Waals surface area contributed by atoms with Crippen LogP contribution in [0.2, 0.25) is 0 Å². The average molecular weight is 337 g/mol. The summed E-state index contributed by atoms with van der Waals surface area (Å²) >= 11 is 0. The van der Waals surface area contributed by atoms with Gasteiger partial charge in [-0.1, -0.05) is 6.08 Å². The number of ether oxygens (including phenoxy) is 1. The van der Waals surface area contributed by atoms with Crippen molar-refractivity contribution in [2.24, 2.45) is 0 Å². The van der Waals surface area contributed by atoms with Crippen LogP contribution in [0, 0.1) is 12.7 Å². The van der Waals surface area contributed by atoms with Crippen LogP contribution in [0.25, 0.3) is 27.7 Å². The van der Waals surface area contributed by atoms with Gasteiger partial charge in [0.05, 0.1) is 7.11 Å². The van der Waals surface area contributed by atoms with Gasteiger partial charge < -0.3 is 15.0 Å². The van der Waals surface area contributed by atoms with Gasteiger partial charge in [-0.3, -0.25) is 0 Å². The summed E-state index contributed by atoms with van der Waals surface area (Å²) in [4.78, 5) is 7.94. The molecular formula is C20H20FN3O. The summed E-state index contributed by atoms with van der Waals surface area (Å²) in [7, 11) is 1.60. The van der Waals surface area contributed by atoms with Gasteiger partial charge in [0, 0.05) is 34.9 Å². The van der Waals surface area contributed by atoms with Crippen LogP contribution in [0.3, 0.4) is 0 Å². The first-order valence-electron chi connectivity index (χ1n) is 8.39. The van der Waals surface area contributed by atoms with Crippen molar-refractivity contribution in [3.05, 3.63) is 53.6 Å². The molecule has 0 unspecified atom stereocenters. The molecule has 0 saturated heterocycles. The van der Waals surface area contributed by atoms with E-state index in [4.69, 9.17) is 4.74 Å². The minimum atomic E-state index is -0.281. The van der Waals surface area contributed by atoms with Crippen molar-refractivity contribution >= 4 is 16.6 Å². The molecule has 1 aliphatic rings. The summed E-state index contributed by atoms with van der Waals surface area (Å²) in [5.41, 5.74) is 5.86. The maximum atomic E-state index is 13.9. The van der Waals surface area contributed by atoms with E-state index in [0.29, 0.717) is 5.75 Å². The fourth-order valence-electron chi connectivity index (χ4n) is 3.45. The molecule has 4 nitrogen and oxygen atoms in total. The van der Waals surface area contributed by atoms with E-state index in [1.165, 1.54) is 17.7 Å². The number of halogens is 1. The molecular weight excluding hydrogens is 317 g/mol. The highest BCUT2D eigenvalue weighted by atomic mass is 19.1. The number of H-pyrrole nitrogens is 1. The Hall–Kier alpha value is -2.66. The second-order valence-corrected chi connectivity index (χ2v) is 6.29. The van der Waals surface area contributed by atoms with Gasteiger partial charge in [-0.25, -0.2) is 9.37 Å². The number of aromatic nitrogens is 2. The highest BCUT2D eigenvalue weighted by Crippen LogP contribution is 2.38. The van der Waals surface area contributed by atoms with Crippen LogP contribution >= 0.6 is 0 Å². The van der Waals surface area contributed by atoms with Crippen molar-refractivity contribution in [1.82, 2.24) is 15.3 Å². The quantitative estimate of drug-likeness (QED) is 0.758. The van der Waals surface area contributed by atoms with Gasteiger partial charge in [0.25, 0.3) is 0 Å². The normalized spacial score (nSPS) is 14.6. The highest BCUT2D eigenvalue weighted by molar-refractivity contribution is 5.98. The molecule has 5 heteroatoms. The summed E-state index contributed by atoms with van der Waals surface area (Å²) in [6, 6.07) is 6.72. The van der Waals surface area contributed by atoms with Crippen LogP contribution in [-0.4, -0.2) is 30.2 Å². The van der Waals surface area contributed by atoms with Crippen LogP contribution in [0.15, 0.2) is 36.5 Å². The van der Waals surface area contributed by atoms with E-state index in [1.54, 1.807) is 13.2 Å². The van der Waals surface area contributed by atoms with Crippen molar-refractivity contribution in [3.63, 3.8) is 0 Å². The molecule has 0 atom stereocenters. The van der Waals surface area contributed by atoms with E-state index >= 15 is 0 Å². The molecule has 0 bridgehead atoms. The zero-order valence-electron chi connectivity index (χ0n) is 14.3. The first kappa shape index (κ1) is 15.8. The van der Waals surface area contributed by atoms with Crippen LogP contribution in [-0.2, 0) is 0 Å². The summed E-state index contributed by atoms with van der Waals surface area (Å²) < 4.78 is 19.4. The predicted octanol–water partition coefficient (Wildman–Crippen LogP) is 4.06. The predicted molar refractivity (Wildman–Crippen MR) is 98.2 cm³/mol. The van der Waals surface area contributed by atoms with Gasteiger partial charge in [0.2, 0.25) is 0 Å². The van der Waals surface area contributed by atoms with E-state index in [0.717, 1.165) is 52.9 Å². The molecule has 2 aromatic heterocycles. The number of methoxy groups -OCH3 is 1. The molecule has 0 amide bonds. The Balaban J connectivity index is 1.95. The highest BCUT2D eigenvalue weighted by Gasteiger charge is 2.17. The second kappa shape index (κ2) is 6.33. The average Bonchev–Trinajstić information content (AvgIpc) is 3.06. The van der Waals surface area contributed by atoms with Gasteiger partial charge in [-0.15, -0.1) is 0 Å². The van der Waals surface area contributed by atoms with Gasteiger partial charge in [-0.05, 0) is 55.3 Å². The minimum absolute atomic E-state index is 0.281. The number of pyridine rings is 1. The lowest BCUT2D eigenvalue weighted by atomic mass is 9.97. The lowest BCUT2D eigenvalue weighted by molar-refractivity contribution is 0.415. The molecule has 2 N–H and O–H groups in total. The van der Waals surface area contributed by atoms with E-state index < -0.39 is 0 Å². The Labute approximate surface area is 145 Å². The summed E-state index contributed by atoms with van der Waals surface area (Å²) in [5, 5.41) is 4.31. The van der Waals surface area contributed by atoms with Crippen LogP contribution in [0.4, 0.5) is 4.39 Å². The Morgan fingerprint density at radius 3 is 2.88 bits per heavy atom. The number of fused-ring (bicyclic) bond motifs is 1. The Morgan fingerprint density at radius 1 is 1.24 bits per heavy atom. The van der Waals surface area contributed by atoms with E-state index in [1.807, 2.05) is 13.1 Å². The fraction of sp³-hybridized carbons (Fsp3) is 0.250. The number of aryl methyl sites for hydroxylation is 1. The molecule has 0 radical (unpaired) electrons. The van der Waals surface area contributed by atoms with Gasteiger partial charge >= 0.3 is 0 Å². The third-order valence-electron chi connectivity index (χ3n) is 4.69. The first-order valence-corrected chi connectivity index (χ1v) is 8.39. The SMILES string of the molecule is COc1ccc(F)cc1-c1c(C)cnc2[nH]c(C3=CCNCC3)cc12. The third kappa shape index (κ3) is 2.81. The van der Waals surface area contributed by atoms with Crippen molar-refractivity contribution in [2.45, 2.75) is 13.3 Å². The topological polar surface area (TPSA) is 49.9 Å². The van der Waals surface area contributed by atoms with Crippen LogP contribution in [0.1, 0.15) is 17.7 Å². The van der Waals surface area contributed by atoms with E-state index in [2.05, 4.69) is 27.4 Å². The molecule has 0 fully saturated rings. The first-order chi connectivity index (χ1) is 12.2. The van der Waals surface area contributed by atoms with Crippen molar-refractivity contribution in [3.8, 4) is 16.9 Å². The zero-order valence-corrected chi connectivity index (χ0v) is 14.3. The third-order valence-corrected chi connectivity index (χ3v) is 4.69. The molecule has 0 spiro atoms. The lowest BCUT2D eigenvalue weighted by Gasteiger charge is -2.12. The Bertz CT molecular complexity index is 974. The fourth-order valence-corrected chi connectivity index (χ4v) is 3.45. The second-order valence-electron chi connectivity index (χ2n) is 6.29. The van der Waals surface area contributed by atoms with Gasteiger partial charge in [0.15, 0.2) is 0 Å². The van der Waals surface area contributed by atoms with Crippen molar-refractivity contribution < 1.29 is 9.13 Å². The van der Waals surface area contributed by atoms with E-state index in [9.17, 15) is 4.39 Å². The molecule has 0 saturated carbocycles. The Morgan fingerprint density at radius 2 is 2.12 bits per heavy atom. The molecule has 0 aliphatic carbocycles. The van der Waals surface area contributed by atoms with Gasteiger partial charge in [0.1, 0.15) is 17.2 Å². The molecule has 3 aromatic rings. The standard InChI is InChI=1S/C20H20FN3O/c1-12-11-23-20-16(10-17(24-20)13-5-7-22-8-6-13)19(12)15-9-14(21)3-4-18(15)25-2/h3-5,9-11,22H,6-8H2,1-2H3,(H,23,24). The van der Waals surface area contributed by atoms with Crippen LogP contribution < -0.4 is 10.1 Å². The maximum absolute atomic E-state index is 13.9. The number of nitrogens with one attached hydrogen (secondary N) is 2. The zero-order chi connectivity index (χ0) is 17.4. The number of hydrogen-bond donors (Lipinski definition) is 2. The number of benzene rings is 1. The van der Waals surface area contributed by atoms with Crippen LogP contribution in [0.5, 0.6) is 5.75 Å².